The molecule has 0 atom stereocenters. The van der Waals surface area contributed by atoms with E-state index in [9.17, 15) is 0 Å². The molecule has 0 fully saturated rings. The number of ether oxygens (including phenoxy) is 1. The van der Waals surface area contributed by atoms with Crippen LogP contribution in [0.25, 0.3) is 42.3 Å². The summed E-state index contributed by atoms with van der Waals surface area (Å²) in [7, 11) is 0. The quantitative estimate of drug-likeness (QED) is 0.113. The maximum absolute atomic E-state index is 6.21. The first-order valence-electron chi connectivity index (χ1n) is 11.9. The smallest absolute Gasteiger partial charge is 0.129 e. The molecule has 0 saturated heterocycles. The minimum Gasteiger partial charge on any atom is -0.493 e. The fraction of sp³-hybridized carbons (Fsp3) is 0.0968. The molecule has 6 rings (SSSR count). The van der Waals surface area contributed by atoms with E-state index in [2.05, 4.69) is 82.7 Å². The van der Waals surface area contributed by atoms with Crippen molar-refractivity contribution in [2.45, 2.75) is 6.42 Å². The van der Waals surface area contributed by atoms with Crippen molar-refractivity contribution in [1.29, 1.82) is 0 Å². The van der Waals surface area contributed by atoms with E-state index in [1.54, 1.807) is 11.3 Å². The number of rotatable bonds is 7. The van der Waals surface area contributed by atoms with Crippen LogP contribution >= 0.6 is 27.3 Å². The predicted molar refractivity (Wildman–Crippen MR) is 157 cm³/mol. The monoisotopic (exact) mass is 550 g/mol. The van der Waals surface area contributed by atoms with Gasteiger partial charge in [0, 0.05) is 29.2 Å². The summed E-state index contributed by atoms with van der Waals surface area (Å²) < 4.78 is 8.39. The van der Waals surface area contributed by atoms with Crippen molar-refractivity contribution in [2.75, 3.05) is 13.2 Å². The van der Waals surface area contributed by atoms with E-state index in [1.165, 1.54) is 31.8 Å². The summed E-state index contributed by atoms with van der Waals surface area (Å²) >= 11 is 5.28. The molecule has 0 saturated carbocycles. The SMILES string of the molecule is Brc1ccc(OCCCN=Cc2c3ccccc3cc3ccccc23)c(-c2nc3ccccc3s2)c1. The molecule has 1 heterocycles. The molecule has 0 radical (unpaired) electrons. The Bertz CT molecular complexity index is 1640. The lowest BCUT2D eigenvalue weighted by molar-refractivity contribution is 0.315. The minimum absolute atomic E-state index is 0.590. The Hall–Kier alpha value is -3.54. The maximum atomic E-state index is 6.21. The molecule has 0 bridgehead atoms. The Kier molecular flexibility index (Phi) is 6.50. The van der Waals surface area contributed by atoms with E-state index >= 15 is 0 Å². The number of nitrogens with zero attached hydrogens (tertiary/aromatic N) is 2. The second-order valence-electron chi connectivity index (χ2n) is 8.60. The average Bonchev–Trinajstić information content (AvgIpc) is 3.35. The summed E-state index contributed by atoms with van der Waals surface area (Å²) in [4.78, 5) is 9.59. The van der Waals surface area contributed by atoms with Crippen molar-refractivity contribution >= 4 is 65.2 Å². The van der Waals surface area contributed by atoms with Gasteiger partial charge in [-0.05, 0) is 57.9 Å². The predicted octanol–water partition coefficient (Wildman–Crippen LogP) is 8.92. The summed E-state index contributed by atoms with van der Waals surface area (Å²) in [5.74, 6) is 0.848. The number of thiazole rings is 1. The van der Waals surface area contributed by atoms with Crippen LogP contribution in [0.5, 0.6) is 5.75 Å². The molecule has 0 aliphatic rings. The maximum Gasteiger partial charge on any atom is 0.129 e. The zero-order valence-corrected chi connectivity index (χ0v) is 21.9. The summed E-state index contributed by atoms with van der Waals surface area (Å²) in [6.45, 7) is 1.29. The topological polar surface area (TPSA) is 34.5 Å². The molecular weight excluding hydrogens is 528 g/mol. The lowest BCUT2D eigenvalue weighted by Crippen LogP contribution is -2.01. The first-order chi connectivity index (χ1) is 17.8. The molecule has 1 aromatic heterocycles. The first kappa shape index (κ1) is 22.9. The van der Waals surface area contributed by atoms with Crippen molar-refractivity contribution in [3.63, 3.8) is 0 Å². The standard InChI is InChI=1S/C31H23BrN2OS/c32-23-14-15-29(26(19-23)31-34-28-12-5-6-13-30(28)36-31)35-17-7-16-33-20-27-24-10-3-1-8-21(24)18-22-9-2-4-11-25(22)27/h1-6,8-15,18-20H,7,16-17H2. The molecule has 0 N–H and O–H groups in total. The molecule has 0 aliphatic heterocycles. The van der Waals surface area contributed by atoms with Crippen molar-refractivity contribution in [1.82, 2.24) is 4.98 Å². The van der Waals surface area contributed by atoms with Crippen LogP contribution in [0, 0.1) is 0 Å². The van der Waals surface area contributed by atoms with Gasteiger partial charge in [-0.25, -0.2) is 4.98 Å². The van der Waals surface area contributed by atoms with Crippen LogP contribution in [0.1, 0.15) is 12.0 Å². The Morgan fingerprint density at radius 1 is 0.833 bits per heavy atom. The summed E-state index contributed by atoms with van der Waals surface area (Å²) in [6.07, 6.45) is 2.85. The summed E-state index contributed by atoms with van der Waals surface area (Å²) in [6, 6.07) is 33.6. The largest absolute Gasteiger partial charge is 0.493 e. The van der Waals surface area contributed by atoms with Crippen LogP contribution in [0.4, 0.5) is 0 Å². The normalized spacial score (nSPS) is 11.7. The van der Waals surface area contributed by atoms with Gasteiger partial charge in [0.05, 0.1) is 22.4 Å². The number of halogens is 1. The van der Waals surface area contributed by atoms with Crippen molar-refractivity contribution in [3.8, 4) is 16.3 Å². The highest BCUT2D eigenvalue weighted by Crippen LogP contribution is 2.37. The fourth-order valence-corrected chi connectivity index (χ4v) is 5.81. The van der Waals surface area contributed by atoms with Gasteiger partial charge in [-0.2, -0.15) is 0 Å². The number of hydrogen-bond donors (Lipinski definition) is 0. The van der Waals surface area contributed by atoms with Gasteiger partial charge in [0.1, 0.15) is 10.8 Å². The lowest BCUT2D eigenvalue weighted by atomic mass is 9.97. The number of aliphatic imine (C=N–C) groups is 1. The lowest BCUT2D eigenvalue weighted by Gasteiger charge is -2.10. The number of aromatic nitrogens is 1. The van der Waals surface area contributed by atoms with Gasteiger partial charge < -0.3 is 4.74 Å². The molecule has 6 aromatic rings. The van der Waals surface area contributed by atoms with Crippen molar-refractivity contribution in [2.24, 2.45) is 4.99 Å². The summed E-state index contributed by atoms with van der Waals surface area (Å²) in [5, 5.41) is 5.89. The van der Waals surface area contributed by atoms with Gasteiger partial charge in [0.15, 0.2) is 0 Å². The van der Waals surface area contributed by atoms with Crippen LogP contribution in [0.15, 0.2) is 107 Å². The van der Waals surface area contributed by atoms with Gasteiger partial charge in [-0.3, -0.25) is 4.99 Å². The third kappa shape index (κ3) is 4.64. The van der Waals surface area contributed by atoms with Crippen molar-refractivity contribution in [3.05, 3.63) is 107 Å². The number of fused-ring (bicyclic) bond motifs is 3. The Balaban J connectivity index is 1.17. The number of para-hydroxylation sites is 1. The van der Waals surface area contributed by atoms with E-state index in [-0.39, 0.29) is 0 Å². The molecule has 0 amide bonds. The third-order valence-electron chi connectivity index (χ3n) is 6.19. The van der Waals surface area contributed by atoms with Crippen LogP contribution in [0.2, 0.25) is 0 Å². The highest BCUT2D eigenvalue weighted by molar-refractivity contribution is 9.10. The number of benzene rings is 5. The van der Waals surface area contributed by atoms with Crippen LogP contribution in [0.3, 0.4) is 0 Å². The molecule has 0 unspecified atom stereocenters. The van der Waals surface area contributed by atoms with Crippen LogP contribution in [-0.4, -0.2) is 24.4 Å². The van der Waals surface area contributed by atoms with Crippen molar-refractivity contribution < 1.29 is 4.74 Å². The Morgan fingerprint density at radius 2 is 1.56 bits per heavy atom. The molecule has 0 aliphatic carbocycles. The third-order valence-corrected chi connectivity index (χ3v) is 7.75. The van der Waals surface area contributed by atoms with E-state index < -0.39 is 0 Å². The molecule has 5 heteroatoms. The van der Waals surface area contributed by atoms with Gasteiger partial charge in [0.2, 0.25) is 0 Å². The zero-order chi connectivity index (χ0) is 24.3. The van der Waals surface area contributed by atoms with E-state index in [0.717, 1.165) is 32.7 Å². The minimum atomic E-state index is 0.590. The van der Waals surface area contributed by atoms with E-state index in [0.29, 0.717) is 13.2 Å². The molecule has 5 aromatic carbocycles. The van der Waals surface area contributed by atoms with Gasteiger partial charge in [0.25, 0.3) is 0 Å². The second-order valence-corrected chi connectivity index (χ2v) is 10.5. The average molecular weight is 552 g/mol. The molecule has 0 spiro atoms. The van der Waals surface area contributed by atoms with Crippen LogP contribution in [-0.2, 0) is 0 Å². The molecule has 176 valence electrons. The molecule has 3 nitrogen and oxygen atoms in total. The highest BCUT2D eigenvalue weighted by Gasteiger charge is 2.12. The fourth-order valence-electron chi connectivity index (χ4n) is 4.46. The molecular formula is C31H23BrN2OS. The summed E-state index contributed by atoms with van der Waals surface area (Å²) in [5.41, 5.74) is 3.20. The van der Waals surface area contributed by atoms with Gasteiger partial charge in [-0.15, -0.1) is 11.3 Å². The zero-order valence-electron chi connectivity index (χ0n) is 19.5. The van der Waals surface area contributed by atoms with Crippen LogP contribution < -0.4 is 4.74 Å². The number of hydrogen-bond acceptors (Lipinski definition) is 4. The second kappa shape index (κ2) is 10.2. The van der Waals surface area contributed by atoms with E-state index in [4.69, 9.17) is 14.7 Å². The first-order valence-corrected chi connectivity index (χ1v) is 13.6. The van der Waals surface area contributed by atoms with Gasteiger partial charge in [-0.1, -0.05) is 76.6 Å². The van der Waals surface area contributed by atoms with Gasteiger partial charge >= 0.3 is 0 Å². The highest BCUT2D eigenvalue weighted by atomic mass is 79.9. The van der Waals surface area contributed by atoms with E-state index in [1.807, 2.05) is 36.5 Å². The Morgan fingerprint density at radius 3 is 2.33 bits per heavy atom. The molecule has 36 heavy (non-hydrogen) atoms. The Labute approximate surface area is 222 Å².